The van der Waals surface area contributed by atoms with Crippen LogP contribution in [-0.4, -0.2) is 97.0 Å². The Labute approximate surface area is 264 Å². The Hall–Kier alpha value is -3.28. The molecule has 0 aromatic carbocycles. The van der Waals surface area contributed by atoms with Crippen molar-refractivity contribution >= 4 is 35.8 Å². The molecule has 2 rings (SSSR count). The molecule has 3 atom stereocenters. The van der Waals surface area contributed by atoms with E-state index in [0.717, 1.165) is 37.9 Å². The molecular weight excluding hydrogens is 564 g/mol. The first-order valence-corrected chi connectivity index (χ1v) is 15.7. The molecule has 3 unspecified atom stereocenters. The molecule has 1 aliphatic carbocycles. The van der Waals surface area contributed by atoms with E-state index in [1.807, 2.05) is 27.7 Å². The molecule has 1 heterocycles. The maximum atomic E-state index is 12.9. The number of aldehydes is 1. The highest BCUT2D eigenvalue weighted by atomic mass is 16.2. The predicted molar refractivity (Wildman–Crippen MR) is 173 cm³/mol. The van der Waals surface area contributed by atoms with Crippen molar-refractivity contribution in [3.63, 3.8) is 0 Å². The van der Waals surface area contributed by atoms with Gasteiger partial charge in [0, 0.05) is 26.7 Å². The SMILES string of the molecule is C=CCNC(=O)C(=O)C(N)CCC.CC(C)C.CN(CC1CC1)C(=O)CNC(=O)NC(C(=O)N1CCCC1C=O)C(C)(C)C. The van der Waals surface area contributed by atoms with Gasteiger partial charge in [0.1, 0.15) is 12.3 Å². The van der Waals surface area contributed by atoms with E-state index in [9.17, 15) is 28.8 Å². The van der Waals surface area contributed by atoms with Crippen LogP contribution in [0.15, 0.2) is 12.7 Å². The first kappa shape index (κ1) is 40.7. The first-order chi connectivity index (χ1) is 20.5. The number of nitrogens with zero attached hydrogens (tertiary/aromatic N) is 2. The van der Waals surface area contributed by atoms with Gasteiger partial charge in [-0.25, -0.2) is 4.79 Å². The van der Waals surface area contributed by atoms with Gasteiger partial charge in [-0.1, -0.05) is 61.0 Å². The molecule has 12 nitrogen and oxygen atoms in total. The Bertz CT molecular complexity index is 957. The quantitative estimate of drug-likeness (QED) is 0.139. The summed E-state index contributed by atoms with van der Waals surface area (Å²) in [4.78, 5) is 73.9. The number of ketones is 1. The van der Waals surface area contributed by atoms with Gasteiger partial charge in [-0.05, 0) is 49.4 Å². The molecule has 0 aromatic heterocycles. The Kier molecular flexibility index (Phi) is 19.1. The smallest absolute Gasteiger partial charge is 0.315 e. The zero-order valence-electron chi connectivity index (χ0n) is 28.2. The van der Waals surface area contributed by atoms with Crippen LogP contribution in [0.3, 0.4) is 0 Å². The second kappa shape index (κ2) is 20.6. The van der Waals surface area contributed by atoms with E-state index in [0.29, 0.717) is 38.4 Å². The fourth-order valence-electron chi connectivity index (χ4n) is 4.15. The van der Waals surface area contributed by atoms with Gasteiger partial charge in [-0.3, -0.25) is 19.2 Å². The molecular formula is C32H58N6O6. The molecule has 5 amide bonds. The van der Waals surface area contributed by atoms with E-state index in [2.05, 4.69) is 43.3 Å². The second-order valence-electron chi connectivity index (χ2n) is 13.2. The number of likely N-dealkylation sites (N-methyl/N-ethyl adjacent to an activating group) is 1. The minimum atomic E-state index is -0.780. The number of amides is 5. The minimum Gasteiger partial charge on any atom is -0.346 e. The van der Waals surface area contributed by atoms with Gasteiger partial charge < -0.3 is 36.3 Å². The van der Waals surface area contributed by atoms with Gasteiger partial charge in [0.05, 0.1) is 18.6 Å². The van der Waals surface area contributed by atoms with Crippen molar-refractivity contribution in [2.45, 2.75) is 105 Å². The third-order valence-corrected chi connectivity index (χ3v) is 6.75. The summed E-state index contributed by atoms with van der Waals surface area (Å²) in [5.74, 6) is -0.174. The number of urea groups is 1. The van der Waals surface area contributed by atoms with Gasteiger partial charge >= 0.3 is 6.03 Å². The maximum Gasteiger partial charge on any atom is 0.315 e. The molecule has 1 saturated carbocycles. The number of hydrogen-bond acceptors (Lipinski definition) is 7. The molecule has 0 bridgehead atoms. The molecule has 1 aliphatic heterocycles. The summed E-state index contributed by atoms with van der Waals surface area (Å²) in [7, 11) is 1.73. The monoisotopic (exact) mass is 622 g/mol. The van der Waals surface area contributed by atoms with Crippen molar-refractivity contribution in [3.05, 3.63) is 12.7 Å². The number of carbonyl (C=O) groups is 6. The lowest BCUT2D eigenvalue weighted by Crippen LogP contribution is -2.58. The van der Waals surface area contributed by atoms with Crippen LogP contribution in [-0.2, 0) is 24.0 Å². The van der Waals surface area contributed by atoms with Crippen LogP contribution in [0, 0.1) is 17.3 Å². The first-order valence-electron chi connectivity index (χ1n) is 15.7. The lowest BCUT2D eigenvalue weighted by Gasteiger charge is -2.34. The molecule has 0 spiro atoms. The summed E-state index contributed by atoms with van der Waals surface area (Å²) in [6, 6.07) is -2.43. The van der Waals surface area contributed by atoms with E-state index < -0.39 is 41.3 Å². The summed E-state index contributed by atoms with van der Waals surface area (Å²) >= 11 is 0. The van der Waals surface area contributed by atoms with Crippen LogP contribution < -0.4 is 21.7 Å². The number of nitrogens with two attached hydrogens (primary N) is 1. The zero-order valence-corrected chi connectivity index (χ0v) is 28.2. The molecule has 0 radical (unpaired) electrons. The third-order valence-electron chi connectivity index (χ3n) is 6.75. The van der Waals surface area contributed by atoms with Crippen LogP contribution in [0.2, 0.25) is 0 Å². The fraction of sp³-hybridized carbons (Fsp3) is 0.750. The van der Waals surface area contributed by atoms with Crippen molar-refractivity contribution in [2.75, 3.05) is 33.2 Å². The molecule has 2 aliphatic rings. The lowest BCUT2D eigenvalue weighted by atomic mass is 9.85. The van der Waals surface area contributed by atoms with Gasteiger partial charge in [0.2, 0.25) is 17.6 Å². The van der Waals surface area contributed by atoms with E-state index in [1.165, 1.54) is 11.0 Å². The topological polar surface area (TPSA) is 171 Å². The van der Waals surface area contributed by atoms with E-state index >= 15 is 0 Å². The molecule has 0 aromatic rings. The average Bonchev–Trinajstić information content (AvgIpc) is 3.63. The van der Waals surface area contributed by atoms with Gasteiger partial charge in [-0.15, -0.1) is 6.58 Å². The molecule has 5 N–H and O–H groups in total. The van der Waals surface area contributed by atoms with Crippen LogP contribution in [0.1, 0.15) is 87.0 Å². The minimum absolute atomic E-state index is 0.110. The highest BCUT2D eigenvalue weighted by Crippen LogP contribution is 2.29. The lowest BCUT2D eigenvalue weighted by molar-refractivity contribution is -0.138. The summed E-state index contributed by atoms with van der Waals surface area (Å²) in [5.41, 5.74) is 4.93. The Balaban J connectivity index is 0.000000907. The fourth-order valence-corrected chi connectivity index (χ4v) is 4.15. The van der Waals surface area contributed by atoms with Crippen molar-refractivity contribution in [2.24, 2.45) is 23.0 Å². The number of carbonyl (C=O) groups excluding carboxylic acids is 6. The van der Waals surface area contributed by atoms with Crippen LogP contribution in [0.4, 0.5) is 4.79 Å². The number of Topliss-reactive ketones (excluding diaryl/α,β-unsaturated/α-hetero) is 1. The van der Waals surface area contributed by atoms with Gasteiger partial charge in [0.15, 0.2) is 0 Å². The Morgan fingerprint density at radius 1 is 1.07 bits per heavy atom. The van der Waals surface area contributed by atoms with E-state index in [4.69, 9.17) is 5.73 Å². The van der Waals surface area contributed by atoms with Crippen LogP contribution in [0.25, 0.3) is 0 Å². The summed E-state index contributed by atoms with van der Waals surface area (Å²) in [6.07, 6.45) is 7.37. The third kappa shape index (κ3) is 16.5. The van der Waals surface area contributed by atoms with Crippen molar-refractivity contribution in [1.29, 1.82) is 0 Å². The highest BCUT2D eigenvalue weighted by molar-refractivity contribution is 6.38. The molecule has 1 saturated heterocycles. The summed E-state index contributed by atoms with van der Waals surface area (Å²) in [6.45, 7) is 18.8. The van der Waals surface area contributed by atoms with Crippen molar-refractivity contribution in [1.82, 2.24) is 25.8 Å². The highest BCUT2D eigenvalue weighted by Gasteiger charge is 2.39. The molecule has 12 heteroatoms. The van der Waals surface area contributed by atoms with E-state index in [1.54, 1.807) is 11.9 Å². The molecule has 2 fully saturated rings. The largest absolute Gasteiger partial charge is 0.346 e. The van der Waals surface area contributed by atoms with Crippen LogP contribution in [0.5, 0.6) is 0 Å². The van der Waals surface area contributed by atoms with E-state index in [-0.39, 0.29) is 18.4 Å². The Morgan fingerprint density at radius 2 is 1.66 bits per heavy atom. The number of rotatable bonds is 13. The number of likely N-dealkylation sites (tertiary alicyclic amines) is 1. The number of nitrogens with one attached hydrogen (secondary N) is 3. The predicted octanol–water partition coefficient (Wildman–Crippen LogP) is 2.41. The van der Waals surface area contributed by atoms with Gasteiger partial charge in [0.25, 0.3) is 5.91 Å². The zero-order chi connectivity index (χ0) is 34.0. The van der Waals surface area contributed by atoms with Crippen molar-refractivity contribution < 1.29 is 28.8 Å². The molecule has 252 valence electrons. The second-order valence-corrected chi connectivity index (χ2v) is 13.2. The van der Waals surface area contributed by atoms with Crippen molar-refractivity contribution in [3.8, 4) is 0 Å². The van der Waals surface area contributed by atoms with Crippen LogP contribution >= 0.6 is 0 Å². The average molecular weight is 623 g/mol. The summed E-state index contributed by atoms with van der Waals surface area (Å²) in [5, 5.41) is 7.63. The molecule has 44 heavy (non-hydrogen) atoms. The number of hydrogen-bond donors (Lipinski definition) is 4. The van der Waals surface area contributed by atoms with Gasteiger partial charge in [-0.2, -0.15) is 0 Å². The normalized spacial score (nSPS) is 17.0. The standard InChI is InChI=1S/C19H32N4O4.C9H16N2O2.C4H10/c1-19(2,3)16(17(26)23-9-5-6-14(23)12-24)21-18(27)20-10-15(25)22(4)11-13-7-8-13;1-3-5-7(10)8(12)9(13)11-6-4-2;1-4(2)3/h12-14,16H,5-11H2,1-4H3,(H2,20,21,27);4,7H,2-3,5-6,10H2,1H3,(H,11,13);4H,1-3H3. The summed E-state index contributed by atoms with van der Waals surface area (Å²) < 4.78 is 0. The maximum absolute atomic E-state index is 12.9. The Morgan fingerprint density at radius 3 is 2.14 bits per heavy atom.